The standard InChI is InChI=1S/C15H21F9N2O2/c1-12(14(20,21)10(16)15(22,23)24)8-27-7-9(28-12)13(18,19)11(17)26-5-3-25(2)4-6-26/h9-11H,3-8H2,1-2H3. The average Bonchev–Trinajstić information content (AvgIpc) is 2.60. The molecular weight excluding hydrogens is 411 g/mol. The zero-order chi connectivity index (χ0) is 21.5. The quantitative estimate of drug-likeness (QED) is 0.493. The highest BCUT2D eigenvalue weighted by Crippen LogP contribution is 2.47. The minimum Gasteiger partial charge on any atom is -0.375 e. The van der Waals surface area contributed by atoms with E-state index in [4.69, 9.17) is 0 Å². The predicted octanol–water partition coefficient (Wildman–Crippen LogP) is 2.87. The van der Waals surface area contributed by atoms with Gasteiger partial charge in [0.15, 0.2) is 5.60 Å². The highest BCUT2D eigenvalue weighted by Gasteiger charge is 2.69. The van der Waals surface area contributed by atoms with Crippen molar-refractivity contribution in [2.45, 2.75) is 49.1 Å². The fourth-order valence-electron chi connectivity index (χ4n) is 3.03. The van der Waals surface area contributed by atoms with Gasteiger partial charge in [0.2, 0.25) is 6.30 Å². The molecule has 2 heterocycles. The maximum Gasteiger partial charge on any atom is 0.425 e. The van der Waals surface area contributed by atoms with E-state index in [1.807, 2.05) is 0 Å². The number of hydrogen-bond donors (Lipinski definition) is 0. The first-order chi connectivity index (χ1) is 12.6. The van der Waals surface area contributed by atoms with Crippen LogP contribution in [0.3, 0.4) is 0 Å². The Hall–Kier alpha value is -0.790. The lowest BCUT2D eigenvalue weighted by atomic mass is 9.92. The molecule has 2 fully saturated rings. The van der Waals surface area contributed by atoms with Crippen LogP contribution in [0.5, 0.6) is 0 Å². The summed E-state index contributed by atoms with van der Waals surface area (Å²) in [5.74, 6) is -9.61. The highest BCUT2D eigenvalue weighted by atomic mass is 19.4. The Kier molecular flexibility index (Phi) is 6.54. The molecule has 0 aromatic rings. The molecule has 0 amide bonds. The van der Waals surface area contributed by atoms with E-state index in [9.17, 15) is 39.5 Å². The van der Waals surface area contributed by atoms with Gasteiger partial charge in [0.05, 0.1) is 13.2 Å². The first kappa shape index (κ1) is 23.5. The van der Waals surface area contributed by atoms with Crippen molar-refractivity contribution in [1.29, 1.82) is 0 Å². The van der Waals surface area contributed by atoms with Crippen LogP contribution in [0.4, 0.5) is 39.5 Å². The van der Waals surface area contributed by atoms with E-state index >= 15 is 0 Å². The molecule has 4 atom stereocenters. The van der Waals surface area contributed by atoms with Gasteiger partial charge in [0, 0.05) is 26.2 Å². The van der Waals surface area contributed by atoms with Crippen molar-refractivity contribution >= 4 is 0 Å². The van der Waals surface area contributed by atoms with Gasteiger partial charge < -0.3 is 14.4 Å². The number of piperazine rings is 1. The molecular formula is C15H21F9N2O2. The van der Waals surface area contributed by atoms with Crippen molar-refractivity contribution in [1.82, 2.24) is 9.80 Å². The van der Waals surface area contributed by atoms with Gasteiger partial charge in [-0.1, -0.05) is 0 Å². The highest BCUT2D eigenvalue weighted by molar-refractivity contribution is 5.03. The summed E-state index contributed by atoms with van der Waals surface area (Å²) < 4.78 is 131. The number of ether oxygens (including phenoxy) is 2. The van der Waals surface area contributed by atoms with Crippen LogP contribution in [0, 0.1) is 0 Å². The Morgan fingerprint density at radius 2 is 1.50 bits per heavy atom. The van der Waals surface area contributed by atoms with E-state index in [1.54, 1.807) is 11.9 Å². The summed E-state index contributed by atoms with van der Waals surface area (Å²) in [5.41, 5.74) is -3.36. The summed E-state index contributed by atoms with van der Waals surface area (Å²) in [6.45, 7) is -1.56. The van der Waals surface area contributed by atoms with Gasteiger partial charge in [-0.05, 0) is 14.0 Å². The van der Waals surface area contributed by atoms with E-state index in [1.165, 1.54) is 0 Å². The first-order valence-corrected chi connectivity index (χ1v) is 8.41. The average molecular weight is 432 g/mol. The Morgan fingerprint density at radius 1 is 0.964 bits per heavy atom. The van der Waals surface area contributed by atoms with Crippen LogP contribution in [-0.4, -0.2) is 98.4 Å². The van der Waals surface area contributed by atoms with Gasteiger partial charge in [-0.2, -0.15) is 30.7 Å². The smallest absolute Gasteiger partial charge is 0.375 e. The van der Waals surface area contributed by atoms with Crippen molar-refractivity contribution in [3.63, 3.8) is 0 Å². The first-order valence-electron chi connectivity index (χ1n) is 8.41. The van der Waals surface area contributed by atoms with Gasteiger partial charge in [-0.25, -0.2) is 8.78 Å². The van der Waals surface area contributed by atoms with E-state index < -0.39 is 55.4 Å². The Morgan fingerprint density at radius 3 is 2.00 bits per heavy atom. The summed E-state index contributed by atoms with van der Waals surface area (Å²) in [4.78, 5) is 2.54. The molecule has 0 aromatic carbocycles. The third-order valence-corrected chi connectivity index (χ3v) is 4.97. The Labute approximate surface area is 155 Å². The number of halogens is 9. The molecule has 4 unspecified atom stereocenters. The van der Waals surface area contributed by atoms with E-state index in [-0.39, 0.29) is 26.2 Å². The number of hydrogen-bond acceptors (Lipinski definition) is 4. The molecule has 2 rings (SSSR count). The summed E-state index contributed by atoms with van der Waals surface area (Å²) in [6.07, 6.45) is -16.2. The van der Waals surface area contributed by atoms with E-state index in [2.05, 4.69) is 9.47 Å². The zero-order valence-electron chi connectivity index (χ0n) is 15.1. The van der Waals surface area contributed by atoms with Gasteiger partial charge in [0.1, 0.15) is 6.10 Å². The number of nitrogens with zero attached hydrogens (tertiary/aromatic N) is 2. The molecule has 166 valence electrons. The summed E-state index contributed by atoms with van der Waals surface area (Å²) >= 11 is 0. The van der Waals surface area contributed by atoms with Crippen molar-refractivity contribution in [2.75, 3.05) is 46.4 Å². The van der Waals surface area contributed by atoms with Crippen LogP contribution >= 0.6 is 0 Å². The molecule has 0 aliphatic carbocycles. The zero-order valence-corrected chi connectivity index (χ0v) is 15.1. The SMILES string of the molecule is CN1CCN(C(F)C(F)(F)C2COCC(C)(C(F)(F)C(F)C(F)(F)F)O2)CC1. The van der Waals surface area contributed by atoms with Crippen LogP contribution in [0.25, 0.3) is 0 Å². The fourth-order valence-corrected chi connectivity index (χ4v) is 3.03. The van der Waals surface area contributed by atoms with Crippen LogP contribution in [0.2, 0.25) is 0 Å². The Balaban J connectivity index is 2.18. The number of rotatable bonds is 5. The lowest BCUT2D eigenvalue weighted by molar-refractivity contribution is -0.357. The molecule has 0 bridgehead atoms. The third-order valence-electron chi connectivity index (χ3n) is 4.97. The second-order valence-electron chi connectivity index (χ2n) is 7.23. The van der Waals surface area contributed by atoms with Gasteiger partial charge >= 0.3 is 18.0 Å². The molecule has 2 aliphatic heterocycles. The molecule has 28 heavy (non-hydrogen) atoms. The molecule has 0 N–H and O–H groups in total. The van der Waals surface area contributed by atoms with Crippen molar-refractivity contribution in [3.05, 3.63) is 0 Å². The van der Waals surface area contributed by atoms with E-state index in [0.717, 1.165) is 4.90 Å². The normalized spacial score (nSPS) is 31.6. The Bertz CT molecular complexity index is 540. The molecule has 0 spiro atoms. The largest absolute Gasteiger partial charge is 0.425 e. The fraction of sp³-hybridized carbons (Fsp3) is 1.00. The van der Waals surface area contributed by atoms with Gasteiger partial charge in [0.25, 0.3) is 6.17 Å². The van der Waals surface area contributed by atoms with Crippen LogP contribution in [-0.2, 0) is 9.47 Å². The topological polar surface area (TPSA) is 24.9 Å². The van der Waals surface area contributed by atoms with Crippen molar-refractivity contribution < 1.29 is 49.0 Å². The molecule has 2 saturated heterocycles. The molecule has 0 aromatic heterocycles. The van der Waals surface area contributed by atoms with Gasteiger partial charge in [-0.15, -0.1) is 0 Å². The molecule has 0 saturated carbocycles. The lowest BCUT2D eigenvalue weighted by Crippen LogP contribution is -2.67. The second kappa shape index (κ2) is 7.80. The molecule has 4 nitrogen and oxygen atoms in total. The van der Waals surface area contributed by atoms with Gasteiger partial charge in [-0.3, -0.25) is 4.90 Å². The molecule has 0 radical (unpaired) electrons. The van der Waals surface area contributed by atoms with Crippen LogP contribution in [0.15, 0.2) is 0 Å². The number of likely N-dealkylation sites (N-methyl/N-ethyl adjacent to an activating group) is 1. The maximum absolute atomic E-state index is 14.6. The summed E-state index contributed by atoms with van der Waals surface area (Å²) in [7, 11) is 1.70. The summed E-state index contributed by atoms with van der Waals surface area (Å²) in [5, 5.41) is 0. The molecule has 13 heteroatoms. The minimum absolute atomic E-state index is 0.0745. The predicted molar refractivity (Wildman–Crippen MR) is 78.9 cm³/mol. The monoisotopic (exact) mass is 432 g/mol. The minimum atomic E-state index is -5.95. The maximum atomic E-state index is 14.6. The van der Waals surface area contributed by atoms with Crippen molar-refractivity contribution in [3.8, 4) is 0 Å². The number of alkyl halides is 9. The third kappa shape index (κ3) is 4.36. The summed E-state index contributed by atoms with van der Waals surface area (Å²) in [6, 6.07) is 0. The lowest BCUT2D eigenvalue weighted by Gasteiger charge is -2.47. The second-order valence-corrected chi connectivity index (χ2v) is 7.23. The molecule has 2 aliphatic rings. The van der Waals surface area contributed by atoms with Crippen molar-refractivity contribution in [2.24, 2.45) is 0 Å². The van der Waals surface area contributed by atoms with Crippen LogP contribution in [0.1, 0.15) is 6.92 Å². The van der Waals surface area contributed by atoms with E-state index in [0.29, 0.717) is 6.92 Å². The van der Waals surface area contributed by atoms with Crippen LogP contribution < -0.4 is 0 Å².